The molecule has 1 N–H and O–H groups in total. The highest BCUT2D eigenvalue weighted by Crippen LogP contribution is 2.28. The van der Waals surface area contributed by atoms with E-state index in [1.165, 1.54) is 0 Å². The summed E-state index contributed by atoms with van der Waals surface area (Å²) in [6.07, 6.45) is 3.35. The summed E-state index contributed by atoms with van der Waals surface area (Å²) in [6.45, 7) is 0.585. The molecule has 7 heteroatoms. The molecule has 0 bridgehead atoms. The molecule has 0 aliphatic carbocycles. The Morgan fingerprint density at radius 3 is 2.81 bits per heavy atom. The van der Waals surface area contributed by atoms with E-state index in [9.17, 15) is 9.59 Å². The molecule has 6 nitrogen and oxygen atoms in total. The number of aromatic nitrogens is 1. The zero-order valence-electron chi connectivity index (χ0n) is 17.1. The third-order valence-electron chi connectivity index (χ3n) is 5.21. The van der Waals surface area contributed by atoms with E-state index in [4.69, 9.17) is 16.3 Å². The van der Waals surface area contributed by atoms with Gasteiger partial charge < -0.3 is 15.0 Å². The van der Waals surface area contributed by atoms with Crippen molar-refractivity contribution in [3.63, 3.8) is 0 Å². The summed E-state index contributed by atoms with van der Waals surface area (Å²) < 4.78 is 5.37. The SMILES string of the molecule is COc1ccccc1CC(=O)N1CCCc2ncc(C(=O)Nc3cccc(Cl)c3)cc21. The minimum Gasteiger partial charge on any atom is -0.496 e. The van der Waals surface area contributed by atoms with Crippen LogP contribution in [0.3, 0.4) is 0 Å². The largest absolute Gasteiger partial charge is 0.496 e. The number of benzene rings is 2. The normalized spacial score (nSPS) is 12.8. The molecule has 158 valence electrons. The number of hydrogen-bond donors (Lipinski definition) is 1. The molecule has 0 atom stereocenters. The summed E-state index contributed by atoms with van der Waals surface area (Å²) in [6, 6.07) is 16.2. The summed E-state index contributed by atoms with van der Waals surface area (Å²) in [5, 5.41) is 3.36. The standard InChI is InChI=1S/C24H22ClN3O3/c1-31-22-10-3-2-6-16(22)13-23(29)28-11-5-9-20-21(28)12-17(15-26-20)24(30)27-19-8-4-7-18(25)14-19/h2-4,6-8,10,12,14-15H,5,9,11,13H2,1H3,(H,27,30). The molecule has 0 spiro atoms. The van der Waals surface area contributed by atoms with Crippen LogP contribution in [-0.2, 0) is 17.6 Å². The molecule has 1 aromatic heterocycles. The lowest BCUT2D eigenvalue weighted by Gasteiger charge is -2.29. The van der Waals surface area contributed by atoms with Crippen LogP contribution in [0, 0.1) is 0 Å². The van der Waals surface area contributed by atoms with Crippen molar-refractivity contribution < 1.29 is 14.3 Å². The van der Waals surface area contributed by atoms with Gasteiger partial charge in [-0.3, -0.25) is 14.6 Å². The molecule has 31 heavy (non-hydrogen) atoms. The van der Waals surface area contributed by atoms with Crippen molar-refractivity contribution in [1.29, 1.82) is 0 Å². The van der Waals surface area contributed by atoms with Gasteiger partial charge in [0, 0.05) is 29.0 Å². The number of carbonyl (C=O) groups excluding carboxylic acids is 2. The number of fused-ring (bicyclic) bond motifs is 1. The minimum absolute atomic E-state index is 0.0559. The van der Waals surface area contributed by atoms with Gasteiger partial charge in [-0.2, -0.15) is 0 Å². The second-order valence-electron chi connectivity index (χ2n) is 7.29. The number of methoxy groups -OCH3 is 1. The number of halogens is 1. The zero-order chi connectivity index (χ0) is 21.8. The van der Waals surface area contributed by atoms with Gasteiger partial charge in [-0.05, 0) is 43.2 Å². The number of aryl methyl sites for hydroxylation is 1. The molecular formula is C24H22ClN3O3. The van der Waals surface area contributed by atoms with Crippen molar-refractivity contribution in [3.8, 4) is 5.75 Å². The van der Waals surface area contributed by atoms with E-state index in [1.54, 1.807) is 48.5 Å². The van der Waals surface area contributed by atoms with Crippen LogP contribution in [0.2, 0.25) is 5.02 Å². The van der Waals surface area contributed by atoms with Gasteiger partial charge in [0.2, 0.25) is 5.91 Å². The lowest BCUT2D eigenvalue weighted by Crippen LogP contribution is -2.37. The van der Waals surface area contributed by atoms with Gasteiger partial charge in [-0.15, -0.1) is 0 Å². The maximum absolute atomic E-state index is 13.1. The molecule has 0 fully saturated rings. The van der Waals surface area contributed by atoms with Crippen LogP contribution in [0.1, 0.15) is 28.0 Å². The third kappa shape index (κ3) is 4.70. The van der Waals surface area contributed by atoms with Gasteiger partial charge in [-0.25, -0.2) is 0 Å². The number of amides is 2. The van der Waals surface area contributed by atoms with Crippen molar-refractivity contribution in [1.82, 2.24) is 4.98 Å². The van der Waals surface area contributed by atoms with Gasteiger partial charge in [0.25, 0.3) is 5.91 Å². The van der Waals surface area contributed by atoms with Crippen LogP contribution in [0.5, 0.6) is 5.75 Å². The molecular weight excluding hydrogens is 414 g/mol. The van der Waals surface area contributed by atoms with Crippen molar-refractivity contribution in [3.05, 3.63) is 82.6 Å². The highest BCUT2D eigenvalue weighted by Gasteiger charge is 2.25. The predicted octanol–water partition coefficient (Wildman–Crippen LogP) is 4.52. The first-order chi connectivity index (χ1) is 15.0. The van der Waals surface area contributed by atoms with E-state index in [1.807, 2.05) is 24.3 Å². The molecule has 2 amide bonds. The number of rotatable bonds is 5. The summed E-state index contributed by atoms with van der Waals surface area (Å²) in [4.78, 5) is 32.1. The van der Waals surface area contributed by atoms with Gasteiger partial charge in [0.05, 0.1) is 30.5 Å². The highest BCUT2D eigenvalue weighted by molar-refractivity contribution is 6.31. The fraction of sp³-hybridized carbons (Fsp3) is 0.208. The van der Waals surface area contributed by atoms with E-state index in [0.29, 0.717) is 34.3 Å². The Labute approximate surface area is 185 Å². The Kier molecular flexibility index (Phi) is 6.18. The van der Waals surface area contributed by atoms with Gasteiger partial charge >= 0.3 is 0 Å². The average molecular weight is 436 g/mol. The molecule has 2 heterocycles. The molecule has 0 unspecified atom stereocenters. The van der Waals surface area contributed by atoms with Crippen molar-refractivity contribution in [2.75, 3.05) is 23.9 Å². The van der Waals surface area contributed by atoms with E-state index < -0.39 is 0 Å². The first-order valence-corrected chi connectivity index (χ1v) is 10.4. The predicted molar refractivity (Wildman–Crippen MR) is 121 cm³/mol. The smallest absolute Gasteiger partial charge is 0.257 e. The van der Waals surface area contributed by atoms with Crippen LogP contribution in [0.15, 0.2) is 60.8 Å². The van der Waals surface area contributed by atoms with E-state index in [-0.39, 0.29) is 18.2 Å². The van der Waals surface area contributed by atoms with Crippen LogP contribution in [-0.4, -0.2) is 30.5 Å². The Morgan fingerprint density at radius 2 is 2.00 bits per heavy atom. The molecule has 2 aromatic carbocycles. The quantitative estimate of drug-likeness (QED) is 0.639. The number of nitrogens with one attached hydrogen (secondary N) is 1. The second-order valence-corrected chi connectivity index (χ2v) is 7.73. The molecule has 4 rings (SSSR count). The maximum Gasteiger partial charge on any atom is 0.257 e. The Hall–Kier alpha value is -3.38. The number of nitrogens with zero attached hydrogens (tertiary/aromatic N) is 2. The topological polar surface area (TPSA) is 71.5 Å². The molecule has 3 aromatic rings. The van der Waals surface area contributed by atoms with Crippen LogP contribution < -0.4 is 15.0 Å². The Balaban J connectivity index is 1.57. The summed E-state index contributed by atoms with van der Waals surface area (Å²) in [7, 11) is 1.59. The number of carbonyl (C=O) groups is 2. The van der Waals surface area contributed by atoms with E-state index in [2.05, 4.69) is 10.3 Å². The average Bonchev–Trinajstić information content (AvgIpc) is 2.78. The van der Waals surface area contributed by atoms with Crippen LogP contribution >= 0.6 is 11.6 Å². The van der Waals surface area contributed by atoms with E-state index >= 15 is 0 Å². The second kappa shape index (κ2) is 9.18. The molecule has 1 aliphatic heterocycles. The zero-order valence-corrected chi connectivity index (χ0v) is 17.9. The lowest BCUT2D eigenvalue weighted by molar-refractivity contribution is -0.118. The fourth-order valence-electron chi connectivity index (χ4n) is 3.69. The number of para-hydroxylation sites is 1. The van der Waals surface area contributed by atoms with Crippen molar-refractivity contribution in [2.45, 2.75) is 19.3 Å². The van der Waals surface area contributed by atoms with E-state index in [0.717, 1.165) is 24.1 Å². The molecule has 0 saturated heterocycles. The first-order valence-electron chi connectivity index (χ1n) is 10.0. The molecule has 1 aliphatic rings. The Bertz CT molecular complexity index is 1130. The summed E-state index contributed by atoms with van der Waals surface area (Å²) in [5.74, 6) is 0.320. The fourth-order valence-corrected chi connectivity index (χ4v) is 3.88. The minimum atomic E-state index is -0.305. The highest BCUT2D eigenvalue weighted by atomic mass is 35.5. The van der Waals surface area contributed by atoms with Gasteiger partial charge in [0.1, 0.15) is 5.75 Å². The summed E-state index contributed by atoms with van der Waals surface area (Å²) in [5.41, 5.74) is 3.31. The number of anilines is 2. The van der Waals surface area contributed by atoms with Crippen LogP contribution in [0.4, 0.5) is 11.4 Å². The molecule has 0 saturated carbocycles. The first kappa shape index (κ1) is 20.9. The molecule has 0 radical (unpaired) electrons. The monoisotopic (exact) mass is 435 g/mol. The maximum atomic E-state index is 13.1. The number of ether oxygens (including phenoxy) is 1. The number of pyridine rings is 1. The lowest BCUT2D eigenvalue weighted by atomic mass is 10.0. The third-order valence-corrected chi connectivity index (χ3v) is 5.45. The van der Waals surface area contributed by atoms with Gasteiger partial charge in [-0.1, -0.05) is 35.9 Å². The van der Waals surface area contributed by atoms with Crippen molar-refractivity contribution >= 4 is 34.8 Å². The van der Waals surface area contributed by atoms with Crippen molar-refractivity contribution in [2.24, 2.45) is 0 Å². The number of hydrogen-bond acceptors (Lipinski definition) is 4. The Morgan fingerprint density at radius 1 is 1.16 bits per heavy atom. The van der Waals surface area contributed by atoms with Gasteiger partial charge in [0.15, 0.2) is 0 Å². The van der Waals surface area contributed by atoms with Crippen LogP contribution in [0.25, 0.3) is 0 Å². The summed E-state index contributed by atoms with van der Waals surface area (Å²) >= 11 is 5.99.